The van der Waals surface area contributed by atoms with Gasteiger partial charge in [-0.25, -0.2) is 9.59 Å². The van der Waals surface area contributed by atoms with E-state index in [1.54, 1.807) is 0 Å². The molecule has 0 aliphatic carbocycles. The zero-order valence-corrected chi connectivity index (χ0v) is 14.5. The van der Waals surface area contributed by atoms with Crippen molar-refractivity contribution in [2.24, 2.45) is 0 Å². The Bertz CT molecular complexity index is 664. The molecule has 0 aromatic heterocycles. The van der Waals surface area contributed by atoms with Gasteiger partial charge < -0.3 is 19.5 Å². The number of halogens is 1. The Labute approximate surface area is 149 Å². The minimum atomic E-state index is -0.764. The molecule has 2 N–H and O–H groups in total. The van der Waals surface area contributed by atoms with E-state index in [1.165, 1.54) is 12.1 Å². The Morgan fingerprint density at radius 1 is 1.24 bits per heavy atom. The van der Waals surface area contributed by atoms with E-state index in [-0.39, 0.29) is 10.6 Å². The van der Waals surface area contributed by atoms with Crippen LogP contribution in [0.4, 0.5) is 4.79 Å². The number of unbranched alkanes of at least 4 members (excludes halogenated alkanes) is 1. The molecule has 1 aliphatic heterocycles. The highest BCUT2D eigenvalue weighted by atomic mass is 35.5. The maximum atomic E-state index is 12.0. The fraction of sp³-hybridized carbons (Fsp3) is 0.438. The molecule has 1 heterocycles. The number of fused-ring (bicyclic) bond motifs is 1. The average Bonchev–Trinajstić information content (AvgIpc) is 2.60. The summed E-state index contributed by atoms with van der Waals surface area (Å²) in [4.78, 5) is 35.0. The minimum Gasteiger partial charge on any atom is -0.486 e. The Morgan fingerprint density at radius 2 is 2.00 bits per heavy atom. The van der Waals surface area contributed by atoms with Gasteiger partial charge in [-0.2, -0.15) is 0 Å². The van der Waals surface area contributed by atoms with E-state index in [0.717, 1.165) is 12.8 Å². The smallest absolute Gasteiger partial charge is 0.338 e. The Morgan fingerprint density at radius 3 is 2.76 bits per heavy atom. The van der Waals surface area contributed by atoms with Crippen LogP contribution in [-0.4, -0.2) is 44.3 Å². The number of hydrogen-bond donors (Lipinski definition) is 2. The lowest BCUT2D eigenvalue weighted by atomic mass is 10.2. The van der Waals surface area contributed by atoms with Gasteiger partial charge in [0.15, 0.2) is 18.1 Å². The van der Waals surface area contributed by atoms with E-state index in [4.69, 9.17) is 25.8 Å². The summed E-state index contributed by atoms with van der Waals surface area (Å²) in [7, 11) is 0. The summed E-state index contributed by atoms with van der Waals surface area (Å²) in [5.41, 5.74) is 0.120. The summed E-state index contributed by atoms with van der Waals surface area (Å²) in [5, 5.41) is 4.80. The number of urea groups is 1. The number of ether oxygens (including phenoxy) is 3. The lowest BCUT2D eigenvalue weighted by molar-refractivity contribution is -0.123. The lowest BCUT2D eigenvalue weighted by Gasteiger charge is -2.19. The fourth-order valence-corrected chi connectivity index (χ4v) is 2.29. The second kappa shape index (κ2) is 9.12. The molecule has 9 heteroatoms. The first-order chi connectivity index (χ1) is 12.0. The van der Waals surface area contributed by atoms with Gasteiger partial charge in [0.1, 0.15) is 13.2 Å². The molecule has 0 saturated heterocycles. The maximum Gasteiger partial charge on any atom is 0.338 e. The van der Waals surface area contributed by atoms with E-state index in [2.05, 4.69) is 10.6 Å². The van der Waals surface area contributed by atoms with Gasteiger partial charge in [0, 0.05) is 6.54 Å². The third kappa shape index (κ3) is 5.53. The number of benzene rings is 1. The molecule has 3 amide bonds. The summed E-state index contributed by atoms with van der Waals surface area (Å²) >= 11 is 6.04. The van der Waals surface area contributed by atoms with Crippen molar-refractivity contribution >= 4 is 29.5 Å². The predicted molar refractivity (Wildman–Crippen MR) is 89.2 cm³/mol. The number of carbonyl (C=O) groups excluding carboxylic acids is 3. The molecule has 25 heavy (non-hydrogen) atoms. The highest BCUT2D eigenvalue weighted by molar-refractivity contribution is 6.32. The molecule has 1 aromatic carbocycles. The number of nitrogens with one attached hydrogen (secondary N) is 2. The minimum absolute atomic E-state index is 0.120. The number of esters is 1. The monoisotopic (exact) mass is 370 g/mol. The Hall–Kier alpha value is -2.48. The van der Waals surface area contributed by atoms with E-state index < -0.39 is 24.5 Å². The summed E-state index contributed by atoms with van der Waals surface area (Å²) in [6.07, 6.45) is 1.73. The molecular formula is C16H19ClN2O6. The van der Waals surface area contributed by atoms with Gasteiger partial charge in [0.05, 0.1) is 10.6 Å². The second-order valence-corrected chi connectivity index (χ2v) is 5.62. The van der Waals surface area contributed by atoms with Gasteiger partial charge in [0.2, 0.25) is 0 Å². The van der Waals surface area contributed by atoms with Crippen LogP contribution in [0.1, 0.15) is 30.1 Å². The molecule has 0 bridgehead atoms. The number of amides is 3. The summed E-state index contributed by atoms with van der Waals surface area (Å²) in [5.74, 6) is -0.789. The molecule has 0 radical (unpaired) electrons. The summed E-state index contributed by atoms with van der Waals surface area (Å²) < 4.78 is 15.6. The van der Waals surface area contributed by atoms with Crippen molar-refractivity contribution in [3.05, 3.63) is 22.7 Å². The highest BCUT2D eigenvalue weighted by Gasteiger charge is 2.20. The van der Waals surface area contributed by atoms with Gasteiger partial charge in [-0.05, 0) is 18.6 Å². The molecule has 0 atom stereocenters. The average molecular weight is 371 g/mol. The van der Waals surface area contributed by atoms with Crippen LogP contribution in [0.15, 0.2) is 12.1 Å². The van der Waals surface area contributed by atoms with Crippen molar-refractivity contribution in [2.75, 3.05) is 26.4 Å². The summed E-state index contributed by atoms with van der Waals surface area (Å²) in [6.45, 7) is 2.57. The van der Waals surface area contributed by atoms with Gasteiger partial charge in [-0.15, -0.1) is 0 Å². The van der Waals surface area contributed by atoms with Crippen molar-refractivity contribution in [1.29, 1.82) is 0 Å². The lowest BCUT2D eigenvalue weighted by Crippen LogP contribution is -2.41. The van der Waals surface area contributed by atoms with Crippen molar-refractivity contribution in [1.82, 2.24) is 10.6 Å². The maximum absolute atomic E-state index is 12.0. The highest BCUT2D eigenvalue weighted by Crippen LogP contribution is 2.38. The second-order valence-electron chi connectivity index (χ2n) is 5.22. The first kappa shape index (κ1) is 18.9. The molecule has 2 rings (SSSR count). The van der Waals surface area contributed by atoms with Crippen LogP contribution in [0.5, 0.6) is 11.5 Å². The van der Waals surface area contributed by atoms with E-state index >= 15 is 0 Å². The van der Waals surface area contributed by atoms with Crippen LogP contribution in [0, 0.1) is 0 Å². The Kier molecular flexibility index (Phi) is 6.88. The predicted octanol–water partition coefficient (Wildman–Crippen LogP) is 1.89. The molecule has 0 spiro atoms. The van der Waals surface area contributed by atoms with Crippen LogP contribution >= 0.6 is 11.6 Å². The van der Waals surface area contributed by atoms with Crippen LogP contribution in [-0.2, 0) is 9.53 Å². The quantitative estimate of drug-likeness (QED) is 0.585. The van der Waals surface area contributed by atoms with Crippen LogP contribution in [0.25, 0.3) is 0 Å². The van der Waals surface area contributed by atoms with Crippen LogP contribution in [0.2, 0.25) is 5.02 Å². The van der Waals surface area contributed by atoms with Crippen molar-refractivity contribution in [3.8, 4) is 11.5 Å². The normalized spacial score (nSPS) is 12.2. The van der Waals surface area contributed by atoms with Crippen molar-refractivity contribution in [2.45, 2.75) is 19.8 Å². The molecule has 0 saturated carbocycles. The zero-order valence-electron chi connectivity index (χ0n) is 13.7. The number of carbonyl (C=O) groups is 3. The molecular weight excluding hydrogens is 352 g/mol. The SMILES string of the molecule is CCCCNC(=O)NC(=O)COC(=O)c1cc(Cl)c2c(c1)OCCO2. The number of imide groups is 1. The molecule has 0 fully saturated rings. The van der Waals surface area contributed by atoms with Crippen molar-refractivity contribution in [3.63, 3.8) is 0 Å². The first-order valence-electron chi connectivity index (χ1n) is 7.85. The van der Waals surface area contributed by atoms with E-state index in [1.807, 2.05) is 6.92 Å². The third-order valence-corrected chi connectivity index (χ3v) is 3.52. The largest absolute Gasteiger partial charge is 0.486 e. The van der Waals surface area contributed by atoms with Gasteiger partial charge in [-0.1, -0.05) is 24.9 Å². The van der Waals surface area contributed by atoms with Gasteiger partial charge >= 0.3 is 12.0 Å². The summed E-state index contributed by atoms with van der Waals surface area (Å²) in [6, 6.07) is 2.17. The molecule has 136 valence electrons. The fourth-order valence-electron chi connectivity index (χ4n) is 2.03. The Balaban J connectivity index is 1.85. The van der Waals surface area contributed by atoms with E-state index in [9.17, 15) is 14.4 Å². The van der Waals surface area contributed by atoms with Crippen LogP contribution in [0.3, 0.4) is 0 Å². The molecule has 1 aromatic rings. The molecule has 0 unspecified atom stereocenters. The first-order valence-corrected chi connectivity index (χ1v) is 8.23. The van der Waals surface area contributed by atoms with Crippen molar-refractivity contribution < 1.29 is 28.6 Å². The zero-order chi connectivity index (χ0) is 18.2. The number of rotatable bonds is 6. The topological polar surface area (TPSA) is 103 Å². The standard InChI is InChI=1S/C16H19ClN2O6/c1-2-3-4-18-16(22)19-13(20)9-25-15(21)10-7-11(17)14-12(8-10)23-5-6-24-14/h7-8H,2-6,9H2,1H3,(H2,18,19,20,22). The molecule has 1 aliphatic rings. The van der Waals surface area contributed by atoms with E-state index in [0.29, 0.717) is 31.3 Å². The molecule has 8 nitrogen and oxygen atoms in total. The van der Waals surface area contributed by atoms with Gasteiger partial charge in [-0.3, -0.25) is 10.1 Å². The third-order valence-electron chi connectivity index (χ3n) is 3.24. The van der Waals surface area contributed by atoms with Gasteiger partial charge in [0.25, 0.3) is 5.91 Å². The number of hydrogen-bond acceptors (Lipinski definition) is 6. The van der Waals surface area contributed by atoms with Crippen LogP contribution < -0.4 is 20.1 Å².